The number of sulfone groups is 1. The molecule has 0 saturated carbocycles. The number of fused-ring (bicyclic) bond motifs is 1. The van der Waals surface area contributed by atoms with E-state index in [2.05, 4.69) is 4.99 Å². The van der Waals surface area contributed by atoms with Crippen molar-refractivity contribution in [2.45, 2.75) is 25.2 Å². The summed E-state index contributed by atoms with van der Waals surface area (Å²) in [5.74, 6) is -0.675. The van der Waals surface area contributed by atoms with Crippen LogP contribution >= 0.6 is 11.3 Å². The molecule has 0 atom stereocenters. The Bertz CT molecular complexity index is 1140. The summed E-state index contributed by atoms with van der Waals surface area (Å²) < 4.78 is 27.6. The highest BCUT2D eigenvalue weighted by Gasteiger charge is 2.16. The van der Waals surface area contributed by atoms with Gasteiger partial charge in [-0.3, -0.25) is 4.79 Å². The zero-order chi connectivity index (χ0) is 18.9. The summed E-state index contributed by atoms with van der Waals surface area (Å²) in [7, 11) is -1.64. The molecule has 5 nitrogen and oxygen atoms in total. The van der Waals surface area contributed by atoms with Crippen LogP contribution in [0.25, 0.3) is 10.2 Å². The molecule has 1 heterocycles. The number of aryl methyl sites for hydroxylation is 3. The number of hydrogen-bond donors (Lipinski definition) is 0. The standard InChI is InChI=1S/C19H20N2O3S2/c1-13-4-7-15(8-5-13)26(23,24)11-10-18(22)20-19-21(3)16-9-6-14(2)12-17(16)25-19/h4-9,12H,10-11H2,1-3H3. The van der Waals surface area contributed by atoms with Crippen molar-refractivity contribution in [3.8, 4) is 0 Å². The normalized spacial score (nSPS) is 12.7. The molecule has 0 spiro atoms. The van der Waals surface area contributed by atoms with Gasteiger partial charge in [0.25, 0.3) is 0 Å². The van der Waals surface area contributed by atoms with E-state index in [9.17, 15) is 13.2 Å². The van der Waals surface area contributed by atoms with Crippen molar-refractivity contribution < 1.29 is 13.2 Å². The second-order valence-corrected chi connectivity index (χ2v) is 9.42. The molecule has 0 aliphatic carbocycles. The number of nitrogens with zero attached hydrogens (tertiary/aromatic N) is 2. The first-order chi connectivity index (χ1) is 12.3. The highest BCUT2D eigenvalue weighted by atomic mass is 32.2. The Balaban J connectivity index is 1.79. The lowest BCUT2D eigenvalue weighted by atomic mass is 10.2. The van der Waals surface area contributed by atoms with Gasteiger partial charge in [0, 0.05) is 13.5 Å². The highest BCUT2D eigenvalue weighted by molar-refractivity contribution is 7.91. The minimum atomic E-state index is -3.49. The van der Waals surface area contributed by atoms with Crippen LogP contribution < -0.4 is 4.80 Å². The molecule has 26 heavy (non-hydrogen) atoms. The third-order valence-electron chi connectivity index (χ3n) is 4.15. The first-order valence-electron chi connectivity index (χ1n) is 8.19. The predicted octanol–water partition coefficient (Wildman–Crippen LogP) is 3.15. The predicted molar refractivity (Wildman–Crippen MR) is 104 cm³/mol. The number of hydrogen-bond acceptors (Lipinski definition) is 4. The average molecular weight is 389 g/mol. The van der Waals surface area contributed by atoms with E-state index in [0.29, 0.717) is 4.80 Å². The Morgan fingerprint density at radius 3 is 2.42 bits per heavy atom. The average Bonchev–Trinajstić information content (AvgIpc) is 2.88. The van der Waals surface area contributed by atoms with E-state index >= 15 is 0 Å². The van der Waals surface area contributed by atoms with Gasteiger partial charge in [-0.15, -0.1) is 0 Å². The highest BCUT2D eigenvalue weighted by Crippen LogP contribution is 2.18. The lowest BCUT2D eigenvalue weighted by Crippen LogP contribution is -2.15. The monoisotopic (exact) mass is 388 g/mol. The molecule has 0 aliphatic heterocycles. The summed E-state index contributed by atoms with van der Waals surface area (Å²) in [6.45, 7) is 3.91. The van der Waals surface area contributed by atoms with E-state index in [1.54, 1.807) is 24.3 Å². The van der Waals surface area contributed by atoms with Gasteiger partial charge in [-0.2, -0.15) is 4.99 Å². The van der Waals surface area contributed by atoms with E-state index in [0.717, 1.165) is 21.3 Å². The molecular formula is C19H20N2O3S2. The van der Waals surface area contributed by atoms with Gasteiger partial charge in [-0.25, -0.2) is 8.42 Å². The number of thiazole rings is 1. The van der Waals surface area contributed by atoms with Crippen LogP contribution in [0.2, 0.25) is 0 Å². The molecule has 0 fully saturated rings. The molecule has 1 aromatic heterocycles. The van der Waals surface area contributed by atoms with Gasteiger partial charge in [0.05, 0.1) is 20.9 Å². The Morgan fingerprint density at radius 2 is 1.73 bits per heavy atom. The minimum absolute atomic E-state index is 0.135. The van der Waals surface area contributed by atoms with Crippen LogP contribution in [0, 0.1) is 13.8 Å². The van der Waals surface area contributed by atoms with E-state index in [1.807, 2.05) is 43.7 Å². The molecule has 0 unspecified atom stereocenters. The van der Waals surface area contributed by atoms with Gasteiger partial charge in [-0.05, 0) is 43.7 Å². The maximum Gasteiger partial charge on any atom is 0.249 e. The first kappa shape index (κ1) is 18.5. The van der Waals surface area contributed by atoms with Crippen molar-refractivity contribution in [3.05, 3.63) is 58.4 Å². The van der Waals surface area contributed by atoms with E-state index in [-0.39, 0.29) is 17.1 Å². The van der Waals surface area contributed by atoms with Crippen molar-refractivity contribution in [3.63, 3.8) is 0 Å². The molecule has 0 radical (unpaired) electrons. The summed E-state index contributed by atoms with van der Waals surface area (Å²) in [4.78, 5) is 17.1. The Labute approximate surface area is 156 Å². The van der Waals surface area contributed by atoms with Gasteiger partial charge in [0.2, 0.25) is 5.91 Å². The topological polar surface area (TPSA) is 68.5 Å². The zero-order valence-corrected chi connectivity index (χ0v) is 16.5. The number of rotatable bonds is 4. The molecule has 0 bridgehead atoms. The molecule has 1 amide bonds. The molecular weight excluding hydrogens is 368 g/mol. The van der Waals surface area contributed by atoms with Gasteiger partial charge in [0.1, 0.15) is 0 Å². The Kier molecular flexibility index (Phi) is 5.11. The fourth-order valence-electron chi connectivity index (χ4n) is 2.60. The third kappa shape index (κ3) is 3.94. The van der Waals surface area contributed by atoms with Gasteiger partial charge in [-0.1, -0.05) is 35.1 Å². The summed E-state index contributed by atoms with van der Waals surface area (Å²) in [6.07, 6.45) is -0.135. The van der Waals surface area contributed by atoms with Crippen molar-refractivity contribution in [1.82, 2.24) is 4.57 Å². The molecule has 136 valence electrons. The first-order valence-corrected chi connectivity index (χ1v) is 10.7. The summed E-state index contributed by atoms with van der Waals surface area (Å²) >= 11 is 1.42. The largest absolute Gasteiger partial charge is 0.319 e. The SMILES string of the molecule is Cc1ccc(S(=O)(=O)CCC(=O)N=c2sc3cc(C)ccc3n2C)cc1. The maximum absolute atomic E-state index is 12.3. The van der Waals surface area contributed by atoms with Crippen molar-refractivity contribution >= 4 is 37.3 Å². The summed E-state index contributed by atoms with van der Waals surface area (Å²) in [5.41, 5.74) is 3.13. The quantitative estimate of drug-likeness (QED) is 0.689. The molecule has 3 rings (SSSR count). The summed E-state index contributed by atoms with van der Waals surface area (Å²) in [5, 5.41) is 0. The van der Waals surface area contributed by atoms with Gasteiger partial charge < -0.3 is 4.57 Å². The molecule has 3 aromatic rings. The molecule has 2 aromatic carbocycles. The van der Waals surface area contributed by atoms with E-state index in [1.165, 1.54) is 11.3 Å². The van der Waals surface area contributed by atoms with E-state index < -0.39 is 15.7 Å². The van der Waals surface area contributed by atoms with Crippen LogP contribution in [0.3, 0.4) is 0 Å². The van der Waals surface area contributed by atoms with E-state index in [4.69, 9.17) is 0 Å². The van der Waals surface area contributed by atoms with Gasteiger partial charge >= 0.3 is 0 Å². The molecule has 0 saturated heterocycles. The fourth-order valence-corrected chi connectivity index (χ4v) is 4.96. The Morgan fingerprint density at radius 1 is 1.08 bits per heavy atom. The lowest BCUT2D eigenvalue weighted by Gasteiger charge is -2.03. The number of amides is 1. The van der Waals surface area contributed by atoms with Crippen LogP contribution in [-0.4, -0.2) is 24.6 Å². The fraction of sp³-hybridized carbons (Fsp3) is 0.263. The van der Waals surface area contributed by atoms with Crippen molar-refractivity contribution in [1.29, 1.82) is 0 Å². The van der Waals surface area contributed by atoms with Crippen molar-refractivity contribution in [2.24, 2.45) is 12.0 Å². The Hall–Kier alpha value is -2.25. The third-order valence-corrected chi connectivity index (χ3v) is 6.98. The number of benzene rings is 2. The maximum atomic E-state index is 12.3. The molecule has 0 aliphatic rings. The lowest BCUT2D eigenvalue weighted by molar-refractivity contribution is -0.117. The van der Waals surface area contributed by atoms with Crippen LogP contribution in [0.5, 0.6) is 0 Å². The number of aromatic nitrogens is 1. The number of carbonyl (C=O) groups excluding carboxylic acids is 1. The summed E-state index contributed by atoms with van der Waals surface area (Å²) in [6, 6.07) is 12.7. The smallest absolute Gasteiger partial charge is 0.249 e. The second kappa shape index (κ2) is 7.17. The zero-order valence-electron chi connectivity index (χ0n) is 14.9. The molecule has 7 heteroatoms. The van der Waals surface area contributed by atoms with Crippen LogP contribution in [0.1, 0.15) is 17.5 Å². The van der Waals surface area contributed by atoms with Gasteiger partial charge in [0.15, 0.2) is 14.6 Å². The van der Waals surface area contributed by atoms with Crippen LogP contribution in [0.15, 0.2) is 52.4 Å². The molecule has 0 N–H and O–H groups in total. The second-order valence-electron chi connectivity index (χ2n) is 6.30. The van der Waals surface area contributed by atoms with Crippen LogP contribution in [0.4, 0.5) is 0 Å². The number of carbonyl (C=O) groups is 1. The minimum Gasteiger partial charge on any atom is -0.319 e. The van der Waals surface area contributed by atoms with Crippen molar-refractivity contribution in [2.75, 3.05) is 5.75 Å². The van der Waals surface area contributed by atoms with Crippen LogP contribution in [-0.2, 0) is 21.7 Å².